The summed E-state index contributed by atoms with van der Waals surface area (Å²) >= 11 is 5.74. The minimum absolute atomic E-state index is 0.0193. The summed E-state index contributed by atoms with van der Waals surface area (Å²) in [5, 5.41) is 3.01. The molecule has 0 atom stereocenters. The number of Topliss-reactive ketones (excluding diaryl/α,β-unsaturated/α-hetero) is 1. The van der Waals surface area contributed by atoms with E-state index in [1.54, 1.807) is 6.07 Å². The zero-order valence-electron chi connectivity index (χ0n) is 11.5. The molecule has 6 nitrogen and oxygen atoms in total. The Morgan fingerprint density at radius 3 is 2.32 bits per heavy atom. The summed E-state index contributed by atoms with van der Waals surface area (Å²) in [5.74, 6) is -0.411. The topological polar surface area (TPSA) is 89.0 Å². The predicted molar refractivity (Wildman–Crippen MR) is 83.1 cm³/mol. The third kappa shape index (κ3) is 3.69. The van der Waals surface area contributed by atoms with Gasteiger partial charge in [-0.2, -0.15) is 0 Å². The first-order chi connectivity index (χ1) is 10.4. The molecule has 0 saturated carbocycles. The molecule has 1 aromatic carbocycles. The number of allylic oxidation sites excluding steroid dienone is 1. The minimum atomic E-state index is -3.95. The molecule has 1 aromatic heterocycles. The molecule has 8 heteroatoms. The van der Waals surface area contributed by atoms with Crippen LogP contribution in [0.5, 0.6) is 0 Å². The average molecular weight is 338 g/mol. The summed E-state index contributed by atoms with van der Waals surface area (Å²) in [6.07, 6.45) is 4.07. The van der Waals surface area contributed by atoms with Crippen molar-refractivity contribution in [1.29, 1.82) is 0 Å². The summed E-state index contributed by atoms with van der Waals surface area (Å²) < 4.78 is 25.0. The lowest BCUT2D eigenvalue weighted by molar-refractivity contribution is -0.113. The van der Waals surface area contributed by atoms with E-state index in [9.17, 15) is 13.2 Å². The van der Waals surface area contributed by atoms with Crippen molar-refractivity contribution in [1.82, 2.24) is 9.97 Å². The average Bonchev–Trinajstić information content (AvgIpc) is 2.48. The second-order valence-corrected chi connectivity index (χ2v) is 6.59. The molecular weight excluding hydrogens is 326 g/mol. The van der Waals surface area contributed by atoms with Crippen molar-refractivity contribution in [2.24, 2.45) is 0 Å². The van der Waals surface area contributed by atoms with E-state index in [1.165, 1.54) is 43.6 Å². The molecule has 1 N–H and O–H groups in total. The van der Waals surface area contributed by atoms with Crippen LogP contribution in [0.3, 0.4) is 0 Å². The molecule has 0 fully saturated rings. The van der Waals surface area contributed by atoms with Gasteiger partial charge in [-0.3, -0.25) is 4.79 Å². The molecule has 22 heavy (non-hydrogen) atoms. The zero-order valence-corrected chi connectivity index (χ0v) is 13.1. The maximum atomic E-state index is 12.5. The predicted octanol–water partition coefficient (Wildman–Crippen LogP) is 2.45. The van der Waals surface area contributed by atoms with Crippen molar-refractivity contribution in [2.45, 2.75) is 11.8 Å². The van der Waals surface area contributed by atoms with E-state index >= 15 is 0 Å². The Bertz CT molecular complexity index is 803. The zero-order chi connectivity index (χ0) is 16.2. The van der Waals surface area contributed by atoms with Gasteiger partial charge in [-0.1, -0.05) is 11.6 Å². The van der Waals surface area contributed by atoms with E-state index < -0.39 is 15.6 Å². The van der Waals surface area contributed by atoms with E-state index in [1.807, 2.05) is 0 Å². The highest BCUT2D eigenvalue weighted by Crippen LogP contribution is 2.22. The molecule has 0 amide bonds. The van der Waals surface area contributed by atoms with Gasteiger partial charge in [-0.15, -0.1) is 0 Å². The van der Waals surface area contributed by atoms with Crippen LogP contribution in [-0.4, -0.2) is 24.2 Å². The first kappa shape index (κ1) is 16.1. The van der Waals surface area contributed by atoms with Crippen LogP contribution in [-0.2, 0) is 14.6 Å². The molecule has 0 aliphatic heterocycles. The number of nitrogens with one attached hydrogen (secondary N) is 1. The molecular formula is C14H12ClN3O3S. The van der Waals surface area contributed by atoms with E-state index in [4.69, 9.17) is 11.6 Å². The maximum Gasteiger partial charge on any atom is 0.226 e. The summed E-state index contributed by atoms with van der Waals surface area (Å²) in [4.78, 5) is 19.1. The van der Waals surface area contributed by atoms with E-state index in [2.05, 4.69) is 15.3 Å². The Morgan fingerprint density at radius 2 is 1.77 bits per heavy atom. The fourth-order valence-corrected chi connectivity index (χ4v) is 3.08. The highest BCUT2D eigenvalue weighted by atomic mass is 35.5. The van der Waals surface area contributed by atoms with Gasteiger partial charge in [-0.05, 0) is 37.3 Å². The molecule has 0 bridgehead atoms. The third-order valence-electron chi connectivity index (χ3n) is 2.66. The second-order valence-electron chi connectivity index (χ2n) is 4.24. The van der Waals surface area contributed by atoms with Gasteiger partial charge < -0.3 is 5.32 Å². The Balaban J connectivity index is 2.38. The summed E-state index contributed by atoms with van der Waals surface area (Å²) in [5.41, 5.74) is 0. The van der Waals surface area contributed by atoms with Gasteiger partial charge in [0.15, 0.2) is 5.78 Å². The maximum absolute atomic E-state index is 12.5. The van der Waals surface area contributed by atoms with E-state index in [0.29, 0.717) is 5.02 Å². The highest BCUT2D eigenvalue weighted by Gasteiger charge is 2.24. The van der Waals surface area contributed by atoms with Gasteiger partial charge in [0.05, 0.1) is 4.90 Å². The van der Waals surface area contributed by atoms with Crippen LogP contribution in [0.4, 0.5) is 5.95 Å². The van der Waals surface area contributed by atoms with Crippen LogP contribution in [0.25, 0.3) is 0 Å². The van der Waals surface area contributed by atoms with Gasteiger partial charge in [0.1, 0.15) is 4.91 Å². The molecule has 0 aliphatic carbocycles. The number of sulfone groups is 1. The Labute approximate surface area is 132 Å². The Kier molecular flexibility index (Phi) is 4.89. The largest absolute Gasteiger partial charge is 0.329 e. The van der Waals surface area contributed by atoms with Crippen LogP contribution >= 0.6 is 11.6 Å². The van der Waals surface area contributed by atoms with Crippen molar-refractivity contribution in [2.75, 3.05) is 5.32 Å². The quantitative estimate of drug-likeness (QED) is 0.843. The standard InChI is InChI=1S/C14H12ClN3O3S/c1-10(19)13(9-18-14-16-7-2-8-17-14)22(20,21)12-5-3-11(15)4-6-12/h2-9H,1H3,(H,16,17,18)/b13-9-. The molecule has 0 saturated heterocycles. The normalized spacial score (nSPS) is 12.0. The van der Waals surface area contributed by atoms with Crippen molar-refractivity contribution in [3.05, 3.63) is 58.9 Å². The van der Waals surface area contributed by atoms with Crippen molar-refractivity contribution in [3.8, 4) is 0 Å². The lowest BCUT2D eigenvalue weighted by Crippen LogP contribution is -2.13. The van der Waals surface area contributed by atoms with Crippen LogP contribution < -0.4 is 5.32 Å². The van der Waals surface area contributed by atoms with Crippen LogP contribution in [0.15, 0.2) is 58.7 Å². The number of hydrogen-bond acceptors (Lipinski definition) is 6. The van der Waals surface area contributed by atoms with Crippen molar-refractivity contribution < 1.29 is 13.2 Å². The molecule has 0 aliphatic rings. The van der Waals surface area contributed by atoms with Crippen LogP contribution in [0.1, 0.15) is 6.92 Å². The number of halogens is 1. The van der Waals surface area contributed by atoms with Crippen molar-refractivity contribution in [3.63, 3.8) is 0 Å². The van der Waals surface area contributed by atoms with Gasteiger partial charge in [-0.25, -0.2) is 18.4 Å². The number of ketones is 1. The van der Waals surface area contributed by atoms with Crippen molar-refractivity contribution >= 4 is 33.2 Å². The van der Waals surface area contributed by atoms with Gasteiger partial charge in [0.2, 0.25) is 15.8 Å². The fourth-order valence-electron chi connectivity index (χ4n) is 1.61. The lowest BCUT2D eigenvalue weighted by Gasteiger charge is -2.07. The first-order valence-corrected chi connectivity index (χ1v) is 8.02. The summed E-state index contributed by atoms with van der Waals surface area (Å²) in [6.45, 7) is 1.17. The monoisotopic (exact) mass is 337 g/mol. The molecule has 2 aromatic rings. The molecule has 0 radical (unpaired) electrons. The Hall–Kier alpha value is -2.25. The Morgan fingerprint density at radius 1 is 1.18 bits per heavy atom. The fraction of sp³-hybridized carbons (Fsp3) is 0.0714. The number of nitrogens with zero attached hydrogens (tertiary/aromatic N) is 2. The summed E-state index contributed by atoms with van der Waals surface area (Å²) in [7, 11) is -3.95. The van der Waals surface area contributed by atoms with Gasteiger partial charge in [0.25, 0.3) is 0 Å². The lowest BCUT2D eigenvalue weighted by atomic mass is 10.4. The van der Waals surface area contributed by atoms with Crippen LogP contribution in [0.2, 0.25) is 5.02 Å². The number of benzene rings is 1. The number of carbonyl (C=O) groups is 1. The molecule has 2 rings (SSSR count). The third-order valence-corrected chi connectivity index (χ3v) is 4.79. The number of anilines is 1. The number of aromatic nitrogens is 2. The molecule has 0 spiro atoms. The van der Waals surface area contributed by atoms with E-state index in [0.717, 1.165) is 6.20 Å². The van der Waals surface area contributed by atoms with Crippen LogP contribution in [0, 0.1) is 0 Å². The SMILES string of the molecule is CC(=O)/C(=C/Nc1ncccn1)S(=O)(=O)c1ccc(Cl)cc1. The second kappa shape index (κ2) is 6.67. The molecule has 114 valence electrons. The molecule has 0 unspecified atom stereocenters. The number of rotatable bonds is 5. The van der Waals surface area contributed by atoms with E-state index in [-0.39, 0.29) is 15.7 Å². The smallest absolute Gasteiger partial charge is 0.226 e. The highest BCUT2D eigenvalue weighted by molar-refractivity contribution is 7.96. The molecule has 1 heterocycles. The van der Waals surface area contributed by atoms with Gasteiger partial charge in [0, 0.05) is 23.6 Å². The summed E-state index contributed by atoms with van der Waals surface area (Å²) in [6, 6.07) is 7.19. The first-order valence-electron chi connectivity index (χ1n) is 6.16. The minimum Gasteiger partial charge on any atom is -0.329 e. The number of carbonyl (C=O) groups excluding carboxylic acids is 1. The number of hydrogen-bond donors (Lipinski definition) is 1. The van der Waals surface area contributed by atoms with Gasteiger partial charge >= 0.3 is 0 Å².